The monoisotopic (exact) mass is 431 g/mol. The smallest absolute Gasteiger partial charge is 0.130 e. The number of benzene rings is 3. The van der Waals surface area contributed by atoms with Gasteiger partial charge in [0.1, 0.15) is 11.4 Å². The van der Waals surface area contributed by atoms with Crippen LogP contribution >= 0.6 is 0 Å². The molecule has 0 bridgehead atoms. The second-order valence-electron chi connectivity index (χ2n) is 9.51. The highest BCUT2D eigenvalue weighted by Gasteiger charge is 2.45. The number of hydrogen-bond donors (Lipinski definition) is 3. The van der Waals surface area contributed by atoms with E-state index in [1.807, 2.05) is 79.7 Å². The van der Waals surface area contributed by atoms with Gasteiger partial charge < -0.3 is 15.3 Å². The van der Waals surface area contributed by atoms with Gasteiger partial charge in [0, 0.05) is 23.7 Å². The summed E-state index contributed by atoms with van der Waals surface area (Å²) < 4.78 is 0. The number of nitrogens with zero attached hydrogens (tertiary/aromatic N) is 1. The molecule has 4 heteroatoms. The molecule has 0 radical (unpaired) electrons. The average Bonchev–Trinajstić information content (AvgIpc) is 3.24. The molecular weight excluding hydrogens is 398 g/mol. The molecule has 1 atom stereocenters. The van der Waals surface area contributed by atoms with Gasteiger partial charge in [-0.25, -0.2) is 0 Å². The Bertz CT molecular complexity index is 1020. The molecule has 3 aromatic rings. The highest BCUT2D eigenvalue weighted by Crippen LogP contribution is 2.42. The first-order valence-electron chi connectivity index (χ1n) is 11.3. The van der Waals surface area contributed by atoms with Crippen molar-refractivity contribution in [1.82, 2.24) is 4.90 Å². The molecule has 1 aliphatic heterocycles. The number of phenols is 1. The highest BCUT2D eigenvalue weighted by atomic mass is 16.3. The zero-order valence-corrected chi connectivity index (χ0v) is 19.1. The predicted molar refractivity (Wildman–Crippen MR) is 127 cm³/mol. The molecule has 32 heavy (non-hydrogen) atoms. The number of rotatable bonds is 6. The summed E-state index contributed by atoms with van der Waals surface area (Å²) in [6, 6.07) is 23.4. The van der Waals surface area contributed by atoms with E-state index in [0.29, 0.717) is 12.1 Å². The summed E-state index contributed by atoms with van der Waals surface area (Å²) in [7, 11) is 0. The van der Waals surface area contributed by atoms with E-state index >= 15 is 0 Å². The first-order valence-corrected chi connectivity index (χ1v) is 11.3. The summed E-state index contributed by atoms with van der Waals surface area (Å²) in [5.74, 6) is 0.136. The third-order valence-electron chi connectivity index (χ3n) is 6.64. The van der Waals surface area contributed by atoms with Crippen molar-refractivity contribution in [3.8, 4) is 5.75 Å². The summed E-state index contributed by atoms with van der Waals surface area (Å²) in [5.41, 5.74) is 1.73. The van der Waals surface area contributed by atoms with E-state index in [-0.39, 0.29) is 11.8 Å². The molecule has 1 heterocycles. The Morgan fingerprint density at radius 2 is 1.47 bits per heavy atom. The number of likely N-dealkylation sites (tertiary alicyclic amines) is 1. The standard InChI is InChI=1S/C28H33NO3/c1-20-17-21(26(30)24(18-20)27(2,3)31)19-29-16-10-15-25(29)28(32,22-11-6-4-7-12-22)23-13-8-5-9-14-23/h4-9,11-14,17-18,25,30-32H,10,15-16,19H2,1-3H3/t25-/m0/s1. The molecule has 4 nitrogen and oxygen atoms in total. The molecule has 3 aromatic carbocycles. The number of aromatic hydroxyl groups is 1. The van der Waals surface area contributed by atoms with Crippen LogP contribution in [0.2, 0.25) is 0 Å². The zero-order chi connectivity index (χ0) is 22.9. The fraction of sp³-hybridized carbons (Fsp3) is 0.357. The second kappa shape index (κ2) is 8.70. The van der Waals surface area contributed by atoms with E-state index < -0.39 is 11.2 Å². The average molecular weight is 432 g/mol. The first kappa shape index (κ1) is 22.5. The molecule has 0 aliphatic carbocycles. The van der Waals surface area contributed by atoms with Gasteiger partial charge in [0.15, 0.2) is 0 Å². The minimum atomic E-state index is -1.17. The van der Waals surface area contributed by atoms with Crippen molar-refractivity contribution in [1.29, 1.82) is 0 Å². The summed E-state index contributed by atoms with van der Waals surface area (Å²) in [6.45, 7) is 6.69. The molecule has 0 aromatic heterocycles. The van der Waals surface area contributed by atoms with Gasteiger partial charge in [0.25, 0.3) is 0 Å². The highest BCUT2D eigenvalue weighted by molar-refractivity contribution is 5.46. The molecule has 0 unspecified atom stereocenters. The van der Waals surface area contributed by atoms with Crippen LogP contribution in [0.5, 0.6) is 5.75 Å². The van der Waals surface area contributed by atoms with Crippen molar-refractivity contribution in [2.45, 2.75) is 57.4 Å². The van der Waals surface area contributed by atoms with Crippen molar-refractivity contribution in [3.63, 3.8) is 0 Å². The van der Waals surface area contributed by atoms with Crippen molar-refractivity contribution in [2.75, 3.05) is 6.54 Å². The predicted octanol–water partition coefficient (Wildman–Crippen LogP) is 4.83. The Balaban J connectivity index is 1.75. The van der Waals surface area contributed by atoms with Crippen LogP contribution in [0.25, 0.3) is 0 Å². The third kappa shape index (κ3) is 4.18. The zero-order valence-electron chi connectivity index (χ0n) is 19.1. The topological polar surface area (TPSA) is 63.9 Å². The lowest BCUT2D eigenvalue weighted by Gasteiger charge is -2.40. The largest absolute Gasteiger partial charge is 0.507 e. The first-order chi connectivity index (χ1) is 15.2. The fourth-order valence-electron chi connectivity index (χ4n) is 5.08. The van der Waals surface area contributed by atoms with Crippen LogP contribution in [0, 0.1) is 6.92 Å². The van der Waals surface area contributed by atoms with Crippen molar-refractivity contribution in [3.05, 3.63) is 101 Å². The van der Waals surface area contributed by atoms with Gasteiger partial charge in [-0.15, -0.1) is 0 Å². The Kier molecular flexibility index (Phi) is 6.13. The minimum absolute atomic E-state index is 0.136. The van der Waals surface area contributed by atoms with Gasteiger partial charge in [-0.05, 0) is 57.4 Å². The van der Waals surface area contributed by atoms with Gasteiger partial charge in [0.2, 0.25) is 0 Å². The summed E-state index contributed by atoms with van der Waals surface area (Å²) >= 11 is 0. The van der Waals surface area contributed by atoms with Gasteiger partial charge in [-0.3, -0.25) is 4.90 Å². The van der Waals surface area contributed by atoms with E-state index in [0.717, 1.165) is 41.6 Å². The molecule has 168 valence electrons. The SMILES string of the molecule is Cc1cc(CN2CCC[C@H]2C(O)(c2ccccc2)c2ccccc2)c(O)c(C(C)(C)O)c1. The molecule has 3 N–H and O–H groups in total. The molecule has 0 saturated carbocycles. The lowest BCUT2D eigenvalue weighted by molar-refractivity contribution is -0.00682. The Hall–Kier alpha value is -2.66. The molecule has 0 amide bonds. The number of hydrogen-bond acceptors (Lipinski definition) is 4. The number of aliphatic hydroxyl groups is 2. The van der Waals surface area contributed by atoms with Crippen LogP contribution in [0.15, 0.2) is 72.8 Å². The summed E-state index contributed by atoms with van der Waals surface area (Å²) in [4.78, 5) is 2.27. The molecular formula is C28H33NO3. The lowest BCUT2D eigenvalue weighted by atomic mass is 9.79. The van der Waals surface area contributed by atoms with Gasteiger partial charge in [0.05, 0.1) is 5.60 Å². The van der Waals surface area contributed by atoms with Crippen molar-refractivity contribution < 1.29 is 15.3 Å². The van der Waals surface area contributed by atoms with Crippen LogP contribution in [0.4, 0.5) is 0 Å². The minimum Gasteiger partial charge on any atom is -0.507 e. The van der Waals surface area contributed by atoms with Gasteiger partial charge in [-0.2, -0.15) is 0 Å². The van der Waals surface area contributed by atoms with Crippen LogP contribution < -0.4 is 0 Å². The van der Waals surface area contributed by atoms with Crippen LogP contribution in [0.3, 0.4) is 0 Å². The van der Waals surface area contributed by atoms with E-state index in [2.05, 4.69) is 4.90 Å². The summed E-state index contributed by atoms with van der Waals surface area (Å²) in [5, 5.41) is 33.8. The Morgan fingerprint density at radius 1 is 0.906 bits per heavy atom. The third-order valence-corrected chi connectivity index (χ3v) is 6.64. The van der Waals surface area contributed by atoms with Crippen LogP contribution in [-0.2, 0) is 17.7 Å². The van der Waals surface area contributed by atoms with Gasteiger partial charge >= 0.3 is 0 Å². The molecule has 4 rings (SSSR count). The summed E-state index contributed by atoms with van der Waals surface area (Å²) in [6.07, 6.45) is 1.82. The second-order valence-corrected chi connectivity index (χ2v) is 9.51. The molecule has 1 aliphatic rings. The normalized spacial score (nSPS) is 17.6. The van der Waals surface area contributed by atoms with Crippen molar-refractivity contribution in [2.24, 2.45) is 0 Å². The lowest BCUT2D eigenvalue weighted by Crippen LogP contribution is -2.48. The quantitative estimate of drug-likeness (QED) is 0.523. The molecule has 1 fully saturated rings. The van der Waals surface area contributed by atoms with Crippen LogP contribution in [0.1, 0.15) is 54.5 Å². The fourth-order valence-corrected chi connectivity index (χ4v) is 5.08. The maximum atomic E-state index is 12.3. The number of phenolic OH excluding ortho intramolecular Hbond substituents is 1. The maximum Gasteiger partial charge on any atom is 0.130 e. The maximum absolute atomic E-state index is 12.3. The molecule has 1 saturated heterocycles. The van der Waals surface area contributed by atoms with E-state index in [9.17, 15) is 15.3 Å². The van der Waals surface area contributed by atoms with E-state index in [1.165, 1.54) is 0 Å². The van der Waals surface area contributed by atoms with E-state index in [4.69, 9.17) is 0 Å². The Morgan fingerprint density at radius 3 is 2.00 bits per heavy atom. The van der Waals surface area contributed by atoms with Gasteiger partial charge in [-0.1, -0.05) is 72.3 Å². The number of aryl methyl sites for hydroxylation is 1. The Labute approximate surface area is 190 Å². The molecule has 0 spiro atoms. The van der Waals surface area contributed by atoms with Crippen molar-refractivity contribution >= 4 is 0 Å². The van der Waals surface area contributed by atoms with Crippen LogP contribution in [-0.4, -0.2) is 32.8 Å². The van der Waals surface area contributed by atoms with E-state index in [1.54, 1.807) is 13.8 Å².